The maximum absolute atomic E-state index is 13.0. The van der Waals surface area contributed by atoms with Gasteiger partial charge in [-0.2, -0.15) is 0 Å². The summed E-state index contributed by atoms with van der Waals surface area (Å²) in [7, 11) is 0. The molecule has 7 nitrogen and oxygen atoms in total. The first-order chi connectivity index (χ1) is 14.3. The third kappa shape index (κ3) is 4.67. The Morgan fingerprint density at radius 1 is 1.13 bits per heavy atom. The maximum atomic E-state index is 13.0. The topological polar surface area (TPSA) is 97.1 Å². The number of carbonyl (C=O) groups is 2. The van der Waals surface area contributed by atoms with Crippen molar-refractivity contribution in [2.45, 2.75) is 59.5 Å². The maximum Gasteiger partial charge on any atom is 0.259 e. The molecule has 0 fully saturated rings. The predicted molar refractivity (Wildman–Crippen MR) is 115 cm³/mol. The molecule has 1 atom stereocenters. The first kappa shape index (κ1) is 21.5. The molecule has 1 aromatic carbocycles. The number of fused-ring (bicyclic) bond motifs is 1. The Kier molecular flexibility index (Phi) is 6.50. The Balaban J connectivity index is 1.79. The van der Waals surface area contributed by atoms with Gasteiger partial charge in [0.05, 0.1) is 16.6 Å². The van der Waals surface area contributed by atoms with E-state index in [0.29, 0.717) is 34.5 Å². The largest absolute Gasteiger partial charge is 0.350 e. The Morgan fingerprint density at radius 2 is 1.90 bits per heavy atom. The van der Waals surface area contributed by atoms with E-state index in [4.69, 9.17) is 4.52 Å². The minimum atomic E-state index is -0.231. The number of amides is 2. The summed E-state index contributed by atoms with van der Waals surface area (Å²) < 4.78 is 5.29. The molecular weight excluding hydrogens is 380 g/mol. The molecule has 0 aliphatic rings. The summed E-state index contributed by atoms with van der Waals surface area (Å²) in [6, 6.07) is 9.17. The highest BCUT2D eigenvalue weighted by atomic mass is 16.5. The molecule has 2 aromatic heterocycles. The van der Waals surface area contributed by atoms with Crippen LogP contribution < -0.4 is 10.6 Å². The number of nitrogens with zero attached hydrogens (tertiary/aromatic N) is 2. The highest BCUT2D eigenvalue weighted by Crippen LogP contribution is 2.25. The van der Waals surface area contributed by atoms with Crippen molar-refractivity contribution in [3.8, 4) is 0 Å². The van der Waals surface area contributed by atoms with Crippen LogP contribution in [0.1, 0.15) is 77.7 Å². The summed E-state index contributed by atoms with van der Waals surface area (Å²) >= 11 is 0. The van der Waals surface area contributed by atoms with Crippen LogP contribution in [-0.2, 0) is 6.54 Å². The van der Waals surface area contributed by atoms with Crippen molar-refractivity contribution >= 4 is 22.9 Å². The van der Waals surface area contributed by atoms with Gasteiger partial charge in [-0.3, -0.25) is 9.59 Å². The lowest BCUT2D eigenvalue weighted by Gasteiger charge is -2.12. The number of hydrogen-bond donors (Lipinski definition) is 2. The van der Waals surface area contributed by atoms with E-state index in [1.807, 2.05) is 39.8 Å². The fourth-order valence-electron chi connectivity index (χ4n) is 3.10. The van der Waals surface area contributed by atoms with Gasteiger partial charge in [0.25, 0.3) is 17.5 Å². The number of benzene rings is 1. The second-order valence-electron chi connectivity index (χ2n) is 7.86. The van der Waals surface area contributed by atoms with Crippen molar-refractivity contribution in [2.24, 2.45) is 0 Å². The van der Waals surface area contributed by atoms with Gasteiger partial charge in [-0.25, -0.2) is 4.98 Å². The van der Waals surface area contributed by atoms with Gasteiger partial charge in [0.2, 0.25) is 0 Å². The third-order valence-electron chi connectivity index (χ3n) is 5.11. The number of hydrogen-bond acceptors (Lipinski definition) is 5. The van der Waals surface area contributed by atoms with Crippen LogP contribution in [0.15, 0.2) is 34.9 Å². The van der Waals surface area contributed by atoms with Crippen LogP contribution in [0.2, 0.25) is 0 Å². The van der Waals surface area contributed by atoms with Crippen LogP contribution >= 0.6 is 0 Å². The molecule has 0 saturated heterocycles. The van der Waals surface area contributed by atoms with Gasteiger partial charge in [0, 0.05) is 23.8 Å². The quantitative estimate of drug-likeness (QED) is 0.613. The molecule has 3 rings (SSSR count). The van der Waals surface area contributed by atoms with Gasteiger partial charge in [-0.15, -0.1) is 0 Å². The molecule has 7 heteroatoms. The summed E-state index contributed by atoms with van der Waals surface area (Å²) in [5.74, 6) is -0.202. The van der Waals surface area contributed by atoms with E-state index in [0.717, 1.165) is 17.7 Å². The lowest BCUT2D eigenvalue weighted by Crippen LogP contribution is -2.32. The minimum absolute atomic E-state index is 0.108. The molecule has 0 aliphatic carbocycles. The molecule has 2 N–H and O–H groups in total. The van der Waals surface area contributed by atoms with Crippen LogP contribution in [0.4, 0.5) is 0 Å². The molecule has 0 bridgehead atoms. The molecule has 30 heavy (non-hydrogen) atoms. The van der Waals surface area contributed by atoms with Crippen LogP contribution in [0.5, 0.6) is 0 Å². The Bertz CT molecular complexity index is 1070. The second kappa shape index (κ2) is 9.07. The zero-order valence-electron chi connectivity index (χ0n) is 18.1. The monoisotopic (exact) mass is 408 g/mol. The molecule has 0 saturated carbocycles. The van der Waals surface area contributed by atoms with E-state index in [1.165, 1.54) is 0 Å². The van der Waals surface area contributed by atoms with E-state index in [-0.39, 0.29) is 23.8 Å². The van der Waals surface area contributed by atoms with Crippen molar-refractivity contribution in [1.82, 2.24) is 20.8 Å². The predicted octanol–water partition coefficient (Wildman–Crippen LogP) is 4.11. The SMILES string of the molecule is CCC(C)NC(=O)c1cccc(CNC(=O)c2cc(C(C)C)nc3onc(C)c23)c1. The fraction of sp³-hybridized carbons (Fsp3) is 0.391. The molecular formula is C23H28N4O3. The molecule has 3 aromatic rings. The number of rotatable bonds is 7. The van der Waals surface area contributed by atoms with Crippen molar-refractivity contribution in [3.63, 3.8) is 0 Å². The number of aryl methyl sites for hydroxylation is 1. The van der Waals surface area contributed by atoms with Crippen LogP contribution in [0.3, 0.4) is 0 Å². The Labute approximate surface area is 176 Å². The Morgan fingerprint density at radius 3 is 2.60 bits per heavy atom. The van der Waals surface area contributed by atoms with Gasteiger partial charge in [0.15, 0.2) is 0 Å². The van der Waals surface area contributed by atoms with Crippen molar-refractivity contribution in [2.75, 3.05) is 0 Å². The second-order valence-corrected chi connectivity index (χ2v) is 7.86. The number of carbonyl (C=O) groups excluding carboxylic acids is 2. The minimum Gasteiger partial charge on any atom is -0.350 e. The standard InChI is InChI=1S/C23H28N4O3/c1-6-14(4)25-21(28)17-9-7-8-16(10-17)12-24-22(29)18-11-19(13(2)3)26-23-20(18)15(5)27-30-23/h7-11,13-14H,6,12H2,1-5H3,(H,24,29)(H,25,28). The van der Waals surface area contributed by atoms with E-state index >= 15 is 0 Å². The molecule has 0 aliphatic heterocycles. The van der Waals surface area contributed by atoms with E-state index in [9.17, 15) is 9.59 Å². The zero-order chi connectivity index (χ0) is 21.8. The summed E-state index contributed by atoms with van der Waals surface area (Å²) in [5.41, 5.74) is 3.68. The molecule has 1 unspecified atom stereocenters. The van der Waals surface area contributed by atoms with Gasteiger partial charge in [0.1, 0.15) is 0 Å². The van der Waals surface area contributed by atoms with Gasteiger partial charge in [-0.1, -0.05) is 38.1 Å². The van der Waals surface area contributed by atoms with E-state index in [2.05, 4.69) is 20.8 Å². The first-order valence-electron chi connectivity index (χ1n) is 10.2. The van der Waals surface area contributed by atoms with Gasteiger partial charge < -0.3 is 15.2 Å². The zero-order valence-corrected chi connectivity index (χ0v) is 18.1. The molecule has 158 valence electrons. The summed E-state index contributed by atoms with van der Waals surface area (Å²) in [6.45, 7) is 10.1. The van der Waals surface area contributed by atoms with Gasteiger partial charge >= 0.3 is 0 Å². The molecule has 0 spiro atoms. The lowest BCUT2D eigenvalue weighted by molar-refractivity contribution is 0.0937. The smallest absolute Gasteiger partial charge is 0.259 e. The van der Waals surface area contributed by atoms with Crippen molar-refractivity contribution < 1.29 is 14.1 Å². The Hall–Kier alpha value is -3.22. The molecule has 2 amide bonds. The van der Waals surface area contributed by atoms with Crippen molar-refractivity contribution in [1.29, 1.82) is 0 Å². The fourth-order valence-corrected chi connectivity index (χ4v) is 3.10. The van der Waals surface area contributed by atoms with E-state index < -0.39 is 0 Å². The highest BCUT2D eigenvalue weighted by Gasteiger charge is 2.19. The number of nitrogens with one attached hydrogen (secondary N) is 2. The highest BCUT2D eigenvalue weighted by molar-refractivity contribution is 6.06. The third-order valence-corrected chi connectivity index (χ3v) is 5.11. The summed E-state index contributed by atoms with van der Waals surface area (Å²) in [5, 5.41) is 10.5. The normalized spacial score (nSPS) is 12.2. The number of aromatic nitrogens is 2. The van der Waals surface area contributed by atoms with E-state index in [1.54, 1.807) is 25.1 Å². The molecule has 2 heterocycles. The van der Waals surface area contributed by atoms with Gasteiger partial charge in [-0.05, 0) is 49.9 Å². The number of pyridine rings is 1. The van der Waals surface area contributed by atoms with Crippen LogP contribution in [0, 0.1) is 6.92 Å². The van der Waals surface area contributed by atoms with Crippen molar-refractivity contribution in [3.05, 3.63) is 58.4 Å². The van der Waals surface area contributed by atoms with Crippen LogP contribution in [0.25, 0.3) is 11.1 Å². The summed E-state index contributed by atoms with van der Waals surface area (Å²) in [6.07, 6.45) is 0.864. The first-order valence-corrected chi connectivity index (χ1v) is 10.2. The molecule has 0 radical (unpaired) electrons. The average molecular weight is 409 g/mol. The average Bonchev–Trinajstić information content (AvgIpc) is 3.12. The summed E-state index contributed by atoms with van der Waals surface area (Å²) in [4.78, 5) is 29.8. The van der Waals surface area contributed by atoms with Crippen LogP contribution in [-0.4, -0.2) is 28.0 Å². The lowest BCUT2D eigenvalue weighted by atomic mass is 10.0.